The maximum Gasteiger partial charge on any atom is 0.305 e. The molecule has 0 amide bonds. The molecule has 0 aromatic carbocycles. The quantitative estimate of drug-likeness (QED) is 0.286. The third-order valence-electron chi connectivity index (χ3n) is 1.61. The average molecular weight is 203 g/mol. The largest absolute Gasteiger partial charge is 0.481 e. The molecule has 0 aliphatic carbocycles. The number of carbonyl (C=O) groups is 2. The van der Waals surface area contributed by atoms with E-state index in [1.807, 2.05) is 0 Å². The van der Waals surface area contributed by atoms with Crippen LogP contribution < -0.4 is 0 Å². The summed E-state index contributed by atoms with van der Waals surface area (Å²) in [5, 5.41) is 19.7. The summed E-state index contributed by atoms with van der Waals surface area (Å²) >= 11 is 0. The van der Waals surface area contributed by atoms with Crippen molar-refractivity contribution < 1.29 is 24.6 Å². The van der Waals surface area contributed by atoms with Crippen molar-refractivity contribution in [3.05, 3.63) is 0 Å². The van der Waals surface area contributed by atoms with Crippen molar-refractivity contribution in [3.8, 4) is 0 Å². The van der Waals surface area contributed by atoms with Gasteiger partial charge >= 0.3 is 11.9 Å². The van der Waals surface area contributed by atoms with Gasteiger partial charge in [0.05, 0.1) is 25.7 Å². The maximum absolute atomic E-state index is 10.7. The van der Waals surface area contributed by atoms with Crippen LogP contribution in [-0.2, 0) is 14.3 Å². The Bertz CT molecular complexity index is 236. The molecule has 0 heterocycles. The lowest BCUT2D eigenvalue weighted by atomic mass is 10.1. The van der Waals surface area contributed by atoms with E-state index in [1.54, 1.807) is 0 Å². The first kappa shape index (κ1) is 12.4. The van der Waals surface area contributed by atoms with Crippen LogP contribution in [0.25, 0.3) is 0 Å². The van der Waals surface area contributed by atoms with Crippen molar-refractivity contribution in [2.45, 2.75) is 25.7 Å². The molecule has 0 radical (unpaired) electrons. The lowest BCUT2D eigenvalue weighted by Gasteiger charge is -2.01. The van der Waals surface area contributed by atoms with Gasteiger partial charge < -0.3 is 15.1 Å². The predicted octanol–water partition coefficient (Wildman–Crippen LogP) is 0.635. The molecular weight excluding hydrogens is 190 g/mol. The van der Waals surface area contributed by atoms with Crippen LogP contribution in [0.4, 0.5) is 0 Å². The monoisotopic (exact) mass is 203 g/mol. The summed E-state index contributed by atoms with van der Waals surface area (Å²) in [5.41, 5.74) is 0.290. The number of aliphatic carboxylic acids is 1. The van der Waals surface area contributed by atoms with Crippen LogP contribution in [0.15, 0.2) is 5.16 Å². The lowest BCUT2D eigenvalue weighted by molar-refractivity contribution is -0.140. The molecule has 2 N–H and O–H groups in total. The van der Waals surface area contributed by atoms with Gasteiger partial charge in [-0.1, -0.05) is 5.16 Å². The number of rotatable bonds is 6. The Balaban J connectivity index is 3.81. The molecule has 0 aliphatic rings. The summed E-state index contributed by atoms with van der Waals surface area (Å²) < 4.78 is 4.38. The fourth-order valence-electron chi connectivity index (χ4n) is 0.825. The molecule has 0 unspecified atom stereocenters. The zero-order valence-corrected chi connectivity index (χ0v) is 7.89. The Hall–Kier alpha value is -1.59. The third-order valence-corrected chi connectivity index (χ3v) is 1.61. The number of ether oxygens (including phenoxy) is 1. The number of esters is 1. The van der Waals surface area contributed by atoms with Crippen LogP contribution in [-0.4, -0.2) is 35.1 Å². The van der Waals surface area contributed by atoms with Gasteiger partial charge in [-0.2, -0.15) is 0 Å². The van der Waals surface area contributed by atoms with E-state index in [-0.39, 0.29) is 31.4 Å². The molecule has 0 spiro atoms. The minimum absolute atomic E-state index is 0.0928. The number of methoxy groups -OCH3 is 1. The van der Waals surface area contributed by atoms with Gasteiger partial charge in [0, 0.05) is 0 Å². The topological polar surface area (TPSA) is 96.2 Å². The summed E-state index contributed by atoms with van der Waals surface area (Å²) in [4.78, 5) is 20.9. The number of carboxylic acids is 1. The van der Waals surface area contributed by atoms with Crippen LogP contribution >= 0.6 is 0 Å². The predicted molar refractivity (Wildman–Crippen MR) is 47.3 cm³/mol. The summed E-state index contributed by atoms with van der Waals surface area (Å²) in [6, 6.07) is 0. The highest BCUT2D eigenvalue weighted by atomic mass is 16.5. The second kappa shape index (κ2) is 6.88. The molecule has 0 saturated carbocycles. The zero-order chi connectivity index (χ0) is 11.0. The SMILES string of the molecule is COC(=O)CC/C(CCC(=O)O)=N/O. The minimum Gasteiger partial charge on any atom is -0.481 e. The van der Waals surface area contributed by atoms with Crippen LogP contribution in [0.2, 0.25) is 0 Å². The first-order valence-electron chi connectivity index (χ1n) is 4.08. The van der Waals surface area contributed by atoms with E-state index < -0.39 is 11.9 Å². The Morgan fingerprint density at radius 2 is 1.79 bits per heavy atom. The number of carbonyl (C=O) groups excluding carboxylic acids is 1. The molecule has 6 heteroatoms. The number of hydrogen-bond donors (Lipinski definition) is 2. The van der Waals surface area contributed by atoms with Gasteiger partial charge in [-0.25, -0.2) is 0 Å². The van der Waals surface area contributed by atoms with Gasteiger partial charge in [0.25, 0.3) is 0 Å². The Labute approximate surface area is 81.2 Å². The van der Waals surface area contributed by atoms with Crippen molar-refractivity contribution in [1.82, 2.24) is 0 Å². The number of oxime groups is 1. The van der Waals surface area contributed by atoms with Crippen molar-refractivity contribution >= 4 is 17.7 Å². The third kappa shape index (κ3) is 5.99. The number of nitrogens with zero attached hydrogens (tertiary/aromatic N) is 1. The second-order valence-corrected chi connectivity index (χ2v) is 2.64. The smallest absolute Gasteiger partial charge is 0.305 e. The Kier molecular flexibility index (Phi) is 6.09. The molecule has 14 heavy (non-hydrogen) atoms. The van der Waals surface area contributed by atoms with E-state index in [4.69, 9.17) is 10.3 Å². The zero-order valence-electron chi connectivity index (χ0n) is 7.89. The van der Waals surface area contributed by atoms with Crippen molar-refractivity contribution in [3.63, 3.8) is 0 Å². The first-order chi connectivity index (χ1) is 6.60. The molecular formula is C8H13NO5. The van der Waals surface area contributed by atoms with Gasteiger partial charge in [-0.15, -0.1) is 0 Å². The van der Waals surface area contributed by atoms with E-state index >= 15 is 0 Å². The van der Waals surface area contributed by atoms with Crippen LogP contribution in [0.1, 0.15) is 25.7 Å². The Morgan fingerprint density at radius 3 is 2.21 bits per heavy atom. The van der Waals surface area contributed by atoms with E-state index in [0.717, 1.165) is 0 Å². The highest BCUT2D eigenvalue weighted by molar-refractivity contribution is 5.89. The average Bonchev–Trinajstić information content (AvgIpc) is 2.17. The highest BCUT2D eigenvalue weighted by Gasteiger charge is 2.07. The standard InChI is InChI=1S/C8H13NO5/c1-14-8(12)5-3-6(9-13)2-4-7(10)11/h13H,2-5H2,1H3,(H,10,11)/b9-6+. The van der Waals surface area contributed by atoms with Gasteiger partial charge in [-0.05, 0) is 12.8 Å². The van der Waals surface area contributed by atoms with E-state index in [1.165, 1.54) is 7.11 Å². The summed E-state index contributed by atoms with van der Waals surface area (Å²) in [6.45, 7) is 0. The van der Waals surface area contributed by atoms with Crippen molar-refractivity contribution in [2.75, 3.05) is 7.11 Å². The molecule has 0 atom stereocenters. The van der Waals surface area contributed by atoms with Gasteiger partial charge in [-0.3, -0.25) is 9.59 Å². The molecule has 0 aromatic heterocycles. The molecule has 0 rings (SSSR count). The lowest BCUT2D eigenvalue weighted by Crippen LogP contribution is -2.08. The van der Waals surface area contributed by atoms with Crippen molar-refractivity contribution in [2.24, 2.45) is 5.16 Å². The molecule has 0 saturated heterocycles. The first-order valence-corrected chi connectivity index (χ1v) is 4.08. The van der Waals surface area contributed by atoms with Gasteiger partial charge in [0.15, 0.2) is 0 Å². The molecule has 6 nitrogen and oxygen atoms in total. The van der Waals surface area contributed by atoms with E-state index in [9.17, 15) is 9.59 Å². The number of hydrogen-bond acceptors (Lipinski definition) is 5. The minimum atomic E-state index is -0.968. The van der Waals surface area contributed by atoms with Crippen LogP contribution in [0, 0.1) is 0 Å². The van der Waals surface area contributed by atoms with Gasteiger partial charge in [0.2, 0.25) is 0 Å². The molecule has 0 fully saturated rings. The van der Waals surface area contributed by atoms with Gasteiger partial charge in [0.1, 0.15) is 0 Å². The van der Waals surface area contributed by atoms with Crippen molar-refractivity contribution in [1.29, 1.82) is 0 Å². The molecule has 0 aliphatic heterocycles. The fourth-order valence-corrected chi connectivity index (χ4v) is 0.825. The van der Waals surface area contributed by atoms with Crippen LogP contribution in [0.3, 0.4) is 0 Å². The van der Waals surface area contributed by atoms with Crippen LogP contribution in [0.5, 0.6) is 0 Å². The molecule has 80 valence electrons. The van der Waals surface area contributed by atoms with E-state index in [2.05, 4.69) is 9.89 Å². The Morgan fingerprint density at radius 1 is 1.21 bits per heavy atom. The van der Waals surface area contributed by atoms with E-state index in [0.29, 0.717) is 0 Å². The second-order valence-electron chi connectivity index (χ2n) is 2.64. The summed E-state index contributed by atoms with van der Waals surface area (Å²) in [6.07, 6.45) is 0.343. The maximum atomic E-state index is 10.7. The number of carboxylic acid groups (broad SMARTS) is 1. The summed E-state index contributed by atoms with van der Waals surface area (Å²) in [5.74, 6) is -1.38. The summed E-state index contributed by atoms with van der Waals surface area (Å²) in [7, 11) is 1.26. The highest BCUT2D eigenvalue weighted by Crippen LogP contribution is 2.02. The fraction of sp³-hybridized carbons (Fsp3) is 0.625. The molecule has 0 aromatic rings. The normalized spacial score (nSPS) is 11.1. The molecule has 0 bridgehead atoms.